The number of benzene rings is 1. The molecule has 106 valence electrons. The summed E-state index contributed by atoms with van der Waals surface area (Å²) in [7, 11) is 0. The fourth-order valence-electron chi connectivity index (χ4n) is 2.04. The summed E-state index contributed by atoms with van der Waals surface area (Å²) in [5.74, 6) is 0.0415. The van der Waals surface area contributed by atoms with E-state index in [9.17, 15) is 4.79 Å². The van der Waals surface area contributed by atoms with Gasteiger partial charge in [-0.25, -0.2) is 0 Å². The van der Waals surface area contributed by atoms with Gasteiger partial charge in [0, 0.05) is 31.7 Å². The maximum atomic E-state index is 12.2. The van der Waals surface area contributed by atoms with Crippen molar-refractivity contribution in [2.75, 3.05) is 13.2 Å². The molecule has 0 fully saturated rings. The average molecular weight is 264 g/mol. The van der Waals surface area contributed by atoms with E-state index in [0.29, 0.717) is 19.4 Å². The first-order valence-electron chi connectivity index (χ1n) is 6.77. The van der Waals surface area contributed by atoms with Crippen molar-refractivity contribution >= 4 is 5.91 Å². The highest BCUT2D eigenvalue weighted by molar-refractivity contribution is 5.77. The smallest absolute Gasteiger partial charge is 0.224 e. The second-order valence-electron chi connectivity index (χ2n) is 4.98. The molecular formula is C15H24N2O2. The van der Waals surface area contributed by atoms with Gasteiger partial charge in [0.2, 0.25) is 5.91 Å². The lowest BCUT2D eigenvalue weighted by Gasteiger charge is -2.28. The second-order valence-corrected chi connectivity index (χ2v) is 4.98. The van der Waals surface area contributed by atoms with Crippen LogP contribution in [-0.2, 0) is 4.79 Å². The largest absolute Gasteiger partial charge is 0.396 e. The molecule has 1 unspecified atom stereocenters. The number of aliphatic hydroxyl groups excluding tert-OH is 1. The molecule has 0 saturated carbocycles. The molecule has 0 aliphatic heterocycles. The molecule has 0 saturated heterocycles. The molecule has 0 bridgehead atoms. The van der Waals surface area contributed by atoms with Gasteiger partial charge in [0.05, 0.1) is 0 Å². The van der Waals surface area contributed by atoms with Gasteiger partial charge in [0.25, 0.3) is 0 Å². The third-order valence-electron chi connectivity index (χ3n) is 3.12. The predicted octanol–water partition coefficient (Wildman–Crippen LogP) is 1.70. The van der Waals surface area contributed by atoms with Crippen LogP contribution in [0.1, 0.15) is 38.3 Å². The number of carbonyl (C=O) groups is 1. The van der Waals surface area contributed by atoms with Crippen molar-refractivity contribution in [3.8, 4) is 0 Å². The molecule has 1 aromatic carbocycles. The molecule has 1 atom stereocenters. The Morgan fingerprint density at radius 3 is 2.47 bits per heavy atom. The molecule has 0 aliphatic carbocycles. The molecular weight excluding hydrogens is 240 g/mol. The third kappa shape index (κ3) is 5.01. The molecule has 1 aromatic rings. The molecule has 0 radical (unpaired) electrons. The van der Waals surface area contributed by atoms with Crippen LogP contribution in [-0.4, -0.2) is 35.1 Å². The highest BCUT2D eigenvalue weighted by Crippen LogP contribution is 2.15. The van der Waals surface area contributed by atoms with Crippen molar-refractivity contribution in [1.29, 1.82) is 0 Å². The molecule has 3 N–H and O–H groups in total. The topological polar surface area (TPSA) is 66.6 Å². The van der Waals surface area contributed by atoms with E-state index in [1.54, 1.807) is 4.90 Å². The molecule has 0 aliphatic rings. The van der Waals surface area contributed by atoms with E-state index >= 15 is 0 Å². The molecule has 1 rings (SSSR count). The Labute approximate surface area is 115 Å². The Morgan fingerprint density at radius 1 is 1.32 bits per heavy atom. The number of nitrogens with two attached hydrogens (primary N) is 1. The summed E-state index contributed by atoms with van der Waals surface area (Å²) in [6, 6.07) is 9.50. The number of hydrogen-bond acceptors (Lipinski definition) is 3. The number of rotatable bonds is 7. The van der Waals surface area contributed by atoms with Gasteiger partial charge in [0.15, 0.2) is 0 Å². The lowest BCUT2D eigenvalue weighted by atomic mass is 10.0. The zero-order chi connectivity index (χ0) is 14.3. The number of nitrogens with zero attached hydrogens (tertiary/aromatic N) is 1. The maximum Gasteiger partial charge on any atom is 0.224 e. The molecule has 19 heavy (non-hydrogen) atoms. The highest BCUT2D eigenvalue weighted by atomic mass is 16.3. The zero-order valence-corrected chi connectivity index (χ0v) is 11.7. The quantitative estimate of drug-likeness (QED) is 0.787. The highest BCUT2D eigenvalue weighted by Gasteiger charge is 2.19. The van der Waals surface area contributed by atoms with Crippen LogP contribution in [0.5, 0.6) is 0 Å². The molecule has 4 heteroatoms. The van der Waals surface area contributed by atoms with E-state index in [4.69, 9.17) is 10.8 Å². The van der Waals surface area contributed by atoms with Crippen molar-refractivity contribution < 1.29 is 9.90 Å². The van der Waals surface area contributed by atoms with Gasteiger partial charge in [-0.15, -0.1) is 0 Å². The van der Waals surface area contributed by atoms with Crippen LogP contribution < -0.4 is 5.73 Å². The van der Waals surface area contributed by atoms with E-state index in [0.717, 1.165) is 5.56 Å². The van der Waals surface area contributed by atoms with Crippen molar-refractivity contribution in [3.63, 3.8) is 0 Å². The van der Waals surface area contributed by atoms with E-state index < -0.39 is 0 Å². The molecule has 1 amide bonds. The summed E-state index contributed by atoms with van der Waals surface area (Å²) >= 11 is 0. The average Bonchev–Trinajstić information content (AvgIpc) is 2.39. The van der Waals surface area contributed by atoms with Crippen LogP contribution >= 0.6 is 0 Å². The van der Waals surface area contributed by atoms with Crippen molar-refractivity contribution in [2.45, 2.75) is 38.8 Å². The fourth-order valence-corrected chi connectivity index (χ4v) is 2.04. The Morgan fingerprint density at radius 2 is 1.95 bits per heavy atom. The zero-order valence-electron chi connectivity index (χ0n) is 11.7. The Hall–Kier alpha value is -1.39. The first-order valence-corrected chi connectivity index (χ1v) is 6.77. The summed E-state index contributed by atoms with van der Waals surface area (Å²) in [6.45, 7) is 4.63. The summed E-state index contributed by atoms with van der Waals surface area (Å²) in [5, 5.41) is 8.88. The minimum atomic E-state index is -0.274. The summed E-state index contributed by atoms with van der Waals surface area (Å²) < 4.78 is 0. The molecule has 0 aromatic heterocycles. The van der Waals surface area contributed by atoms with Gasteiger partial charge in [-0.2, -0.15) is 0 Å². The third-order valence-corrected chi connectivity index (χ3v) is 3.12. The van der Waals surface area contributed by atoms with Crippen LogP contribution in [0, 0.1) is 0 Å². The van der Waals surface area contributed by atoms with Gasteiger partial charge in [-0.05, 0) is 25.8 Å². The van der Waals surface area contributed by atoms with E-state index in [1.807, 2.05) is 44.2 Å². The second kappa shape index (κ2) is 7.92. The SMILES string of the molecule is CC(C)N(CCCO)C(=O)CC(N)c1ccccc1. The van der Waals surface area contributed by atoms with Crippen LogP contribution in [0.4, 0.5) is 0 Å². The van der Waals surface area contributed by atoms with Crippen LogP contribution in [0.2, 0.25) is 0 Å². The maximum absolute atomic E-state index is 12.2. The normalized spacial score (nSPS) is 12.5. The summed E-state index contributed by atoms with van der Waals surface area (Å²) in [6.07, 6.45) is 0.901. The molecule has 4 nitrogen and oxygen atoms in total. The first kappa shape index (κ1) is 15.7. The summed E-state index contributed by atoms with van der Waals surface area (Å²) in [5.41, 5.74) is 7.04. The predicted molar refractivity (Wildman–Crippen MR) is 76.5 cm³/mol. The van der Waals surface area contributed by atoms with Crippen LogP contribution in [0.25, 0.3) is 0 Å². The minimum absolute atomic E-state index is 0.0415. The van der Waals surface area contributed by atoms with Crippen LogP contribution in [0.15, 0.2) is 30.3 Å². The van der Waals surface area contributed by atoms with Gasteiger partial charge in [0.1, 0.15) is 0 Å². The van der Waals surface area contributed by atoms with E-state index in [-0.39, 0.29) is 24.6 Å². The van der Waals surface area contributed by atoms with Crippen molar-refractivity contribution in [1.82, 2.24) is 4.90 Å². The fraction of sp³-hybridized carbons (Fsp3) is 0.533. The number of carbonyl (C=O) groups excluding carboxylic acids is 1. The van der Waals surface area contributed by atoms with Gasteiger partial charge in [-0.1, -0.05) is 30.3 Å². The Balaban J connectivity index is 2.61. The van der Waals surface area contributed by atoms with Crippen molar-refractivity contribution in [2.24, 2.45) is 5.73 Å². The Kier molecular flexibility index (Phi) is 6.53. The standard InChI is InChI=1S/C15H24N2O2/c1-12(2)17(9-6-10-18)15(19)11-14(16)13-7-4-3-5-8-13/h3-5,7-8,12,14,18H,6,9-11,16H2,1-2H3. The number of hydrogen-bond donors (Lipinski definition) is 2. The lowest BCUT2D eigenvalue weighted by molar-refractivity contribution is -0.133. The minimum Gasteiger partial charge on any atom is -0.396 e. The molecule has 0 spiro atoms. The van der Waals surface area contributed by atoms with Gasteiger partial charge < -0.3 is 15.7 Å². The number of amides is 1. The van der Waals surface area contributed by atoms with E-state index in [2.05, 4.69) is 0 Å². The van der Waals surface area contributed by atoms with Gasteiger partial charge >= 0.3 is 0 Å². The van der Waals surface area contributed by atoms with Crippen molar-refractivity contribution in [3.05, 3.63) is 35.9 Å². The number of aliphatic hydroxyl groups is 1. The van der Waals surface area contributed by atoms with E-state index in [1.165, 1.54) is 0 Å². The molecule has 0 heterocycles. The monoisotopic (exact) mass is 264 g/mol. The first-order chi connectivity index (χ1) is 9.06. The Bertz CT molecular complexity index is 379. The lowest BCUT2D eigenvalue weighted by Crippen LogP contribution is -2.39. The summed E-state index contributed by atoms with van der Waals surface area (Å²) in [4.78, 5) is 14.0. The van der Waals surface area contributed by atoms with Crippen LogP contribution in [0.3, 0.4) is 0 Å². The van der Waals surface area contributed by atoms with Gasteiger partial charge in [-0.3, -0.25) is 4.79 Å².